The summed E-state index contributed by atoms with van der Waals surface area (Å²) in [6, 6.07) is 4.39. The lowest BCUT2D eigenvalue weighted by Gasteiger charge is -2.22. The molecular formula is C21H26N6O. The van der Waals surface area contributed by atoms with Crippen LogP contribution < -0.4 is 0 Å². The first-order valence-electron chi connectivity index (χ1n) is 10.1. The van der Waals surface area contributed by atoms with Gasteiger partial charge in [-0.1, -0.05) is 26.2 Å². The summed E-state index contributed by atoms with van der Waals surface area (Å²) in [6.45, 7) is 2.12. The zero-order valence-electron chi connectivity index (χ0n) is 16.2. The highest BCUT2D eigenvalue weighted by molar-refractivity contribution is 5.90. The molecule has 146 valence electrons. The second kappa shape index (κ2) is 8.11. The molecule has 0 saturated heterocycles. The molecule has 1 N–H and O–H groups in total. The quantitative estimate of drug-likeness (QED) is 0.673. The second-order valence-corrected chi connectivity index (χ2v) is 7.75. The monoisotopic (exact) mass is 378 g/mol. The molecule has 0 aliphatic heterocycles. The Labute approximate surface area is 164 Å². The molecular weight excluding hydrogens is 352 g/mol. The van der Waals surface area contributed by atoms with Gasteiger partial charge in [0.2, 0.25) is 0 Å². The number of aliphatic hydroxyl groups excluding tert-OH is 1. The largest absolute Gasteiger partial charge is 0.376 e. The topological polar surface area (TPSA) is 92.5 Å². The average molecular weight is 378 g/mol. The number of fused-ring (bicyclic) bond motifs is 1. The van der Waals surface area contributed by atoms with E-state index in [2.05, 4.69) is 28.1 Å². The van der Waals surface area contributed by atoms with Gasteiger partial charge in [0, 0.05) is 23.3 Å². The van der Waals surface area contributed by atoms with E-state index in [0.29, 0.717) is 18.0 Å². The molecule has 7 nitrogen and oxygen atoms in total. The van der Waals surface area contributed by atoms with Crippen molar-refractivity contribution in [2.24, 2.45) is 11.8 Å². The van der Waals surface area contributed by atoms with Gasteiger partial charge >= 0.3 is 0 Å². The number of nitrogens with zero attached hydrogens (tertiary/aromatic N) is 6. The minimum Gasteiger partial charge on any atom is -0.376 e. The fraction of sp³-hybridized carbons (Fsp3) is 0.524. The lowest BCUT2D eigenvalue weighted by molar-refractivity contribution is 0.215. The molecule has 0 aromatic carbocycles. The van der Waals surface area contributed by atoms with E-state index in [1.165, 1.54) is 38.4 Å². The van der Waals surface area contributed by atoms with Gasteiger partial charge in [-0.05, 0) is 30.7 Å². The smallest absolute Gasteiger partial charge is 0.145 e. The van der Waals surface area contributed by atoms with Crippen LogP contribution in [0.4, 0.5) is 0 Å². The van der Waals surface area contributed by atoms with Crippen LogP contribution in [0, 0.1) is 23.2 Å². The Balaban J connectivity index is 1.63. The predicted molar refractivity (Wildman–Crippen MR) is 106 cm³/mol. The molecule has 0 amide bonds. The minimum atomic E-state index is -0.121. The Bertz CT molecular complexity index is 984. The van der Waals surface area contributed by atoms with Crippen molar-refractivity contribution >= 4 is 11.0 Å². The van der Waals surface area contributed by atoms with Crippen LogP contribution in [0.25, 0.3) is 22.3 Å². The Morgan fingerprint density at radius 1 is 1.36 bits per heavy atom. The average Bonchev–Trinajstić information content (AvgIpc) is 3.45. The van der Waals surface area contributed by atoms with Gasteiger partial charge in [-0.3, -0.25) is 4.68 Å². The molecule has 3 aromatic rings. The van der Waals surface area contributed by atoms with Crippen molar-refractivity contribution in [2.45, 2.75) is 58.2 Å². The van der Waals surface area contributed by atoms with Crippen molar-refractivity contribution in [3.8, 4) is 17.3 Å². The van der Waals surface area contributed by atoms with Crippen LogP contribution in [-0.2, 0) is 6.73 Å². The maximum Gasteiger partial charge on any atom is 0.145 e. The molecule has 0 radical (unpaired) electrons. The fourth-order valence-corrected chi connectivity index (χ4v) is 4.69. The van der Waals surface area contributed by atoms with E-state index in [0.717, 1.165) is 22.6 Å². The summed E-state index contributed by atoms with van der Waals surface area (Å²) in [7, 11) is 0. The van der Waals surface area contributed by atoms with Crippen molar-refractivity contribution in [2.75, 3.05) is 0 Å². The Hall–Kier alpha value is -2.72. The first kappa shape index (κ1) is 18.6. The van der Waals surface area contributed by atoms with Gasteiger partial charge in [0.15, 0.2) is 0 Å². The van der Waals surface area contributed by atoms with Gasteiger partial charge in [0.05, 0.1) is 30.4 Å². The molecule has 3 atom stereocenters. The lowest BCUT2D eigenvalue weighted by atomic mass is 9.93. The zero-order valence-corrected chi connectivity index (χ0v) is 16.2. The van der Waals surface area contributed by atoms with E-state index in [1.54, 1.807) is 10.8 Å². The standard InChI is InChI=1S/C21H26N6O/c1-2-3-15-4-5-16(10-15)19(6-8-22)27-12-17(11-25-27)20-18-7-9-26(14-28)21(18)24-13-23-20/h7,9,11-13,15-16,19,28H,2-6,10,14H2,1H3/t15?,16-,19-/m1/s1. The fourth-order valence-electron chi connectivity index (χ4n) is 4.69. The Kier molecular flexibility index (Phi) is 5.40. The lowest BCUT2D eigenvalue weighted by Crippen LogP contribution is -2.18. The summed E-state index contributed by atoms with van der Waals surface area (Å²) in [5, 5.41) is 24.3. The summed E-state index contributed by atoms with van der Waals surface area (Å²) in [6.07, 6.45) is 13.7. The van der Waals surface area contributed by atoms with Crippen LogP contribution >= 0.6 is 0 Å². The van der Waals surface area contributed by atoms with Crippen molar-refractivity contribution in [3.05, 3.63) is 31.0 Å². The van der Waals surface area contributed by atoms with Gasteiger partial charge in [0.1, 0.15) is 18.7 Å². The van der Waals surface area contributed by atoms with Gasteiger partial charge in [-0.25, -0.2) is 9.97 Å². The SMILES string of the molecule is CCCC1CC[C@@H]([C@@H](CC#N)n2cc(-c3ncnc4c3ccn4CO)cn2)C1. The minimum absolute atomic E-state index is 0.111. The van der Waals surface area contributed by atoms with Crippen LogP contribution in [0.3, 0.4) is 0 Å². The third kappa shape index (κ3) is 3.40. The summed E-state index contributed by atoms with van der Waals surface area (Å²) in [5.74, 6) is 1.29. The van der Waals surface area contributed by atoms with Crippen LogP contribution in [0.15, 0.2) is 31.0 Å². The number of hydrogen-bond donors (Lipinski definition) is 1. The van der Waals surface area contributed by atoms with Crippen molar-refractivity contribution in [1.82, 2.24) is 24.3 Å². The summed E-state index contributed by atoms with van der Waals surface area (Å²) in [4.78, 5) is 8.73. The molecule has 0 spiro atoms. The highest BCUT2D eigenvalue weighted by Gasteiger charge is 2.32. The summed E-state index contributed by atoms with van der Waals surface area (Å²) < 4.78 is 3.64. The molecule has 4 rings (SSSR count). The van der Waals surface area contributed by atoms with Gasteiger partial charge in [-0.15, -0.1) is 0 Å². The van der Waals surface area contributed by atoms with E-state index < -0.39 is 0 Å². The highest BCUT2D eigenvalue weighted by atomic mass is 16.3. The molecule has 1 fully saturated rings. The molecule has 7 heteroatoms. The maximum atomic E-state index is 9.46. The summed E-state index contributed by atoms with van der Waals surface area (Å²) >= 11 is 0. The second-order valence-electron chi connectivity index (χ2n) is 7.75. The molecule has 1 aliphatic carbocycles. The van der Waals surface area contributed by atoms with Crippen molar-refractivity contribution in [1.29, 1.82) is 5.26 Å². The van der Waals surface area contributed by atoms with E-state index >= 15 is 0 Å². The Morgan fingerprint density at radius 3 is 3.04 bits per heavy atom. The molecule has 1 unspecified atom stereocenters. The van der Waals surface area contributed by atoms with Gasteiger partial charge < -0.3 is 9.67 Å². The molecule has 28 heavy (non-hydrogen) atoms. The number of nitriles is 1. The molecule has 3 aromatic heterocycles. The van der Waals surface area contributed by atoms with Gasteiger partial charge in [-0.2, -0.15) is 10.4 Å². The zero-order chi connectivity index (χ0) is 19.5. The summed E-state index contributed by atoms with van der Waals surface area (Å²) in [5.41, 5.74) is 2.41. The Morgan fingerprint density at radius 2 is 2.25 bits per heavy atom. The predicted octanol–water partition coefficient (Wildman–Crippen LogP) is 3.92. The van der Waals surface area contributed by atoms with Gasteiger partial charge in [0.25, 0.3) is 0 Å². The number of rotatable bonds is 7. The molecule has 3 heterocycles. The van der Waals surface area contributed by atoms with Crippen LogP contribution in [-0.4, -0.2) is 29.4 Å². The first-order chi connectivity index (χ1) is 13.7. The van der Waals surface area contributed by atoms with Crippen molar-refractivity contribution in [3.63, 3.8) is 0 Å². The van der Waals surface area contributed by atoms with E-state index in [1.807, 2.05) is 23.1 Å². The van der Waals surface area contributed by atoms with Crippen LogP contribution in [0.2, 0.25) is 0 Å². The number of hydrogen-bond acceptors (Lipinski definition) is 5. The first-order valence-corrected chi connectivity index (χ1v) is 10.1. The highest BCUT2D eigenvalue weighted by Crippen LogP contribution is 2.41. The molecule has 1 aliphatic rings. The van der Waals surface area contributed by atoms with E-state index in [4.69, 9.17) is 0 Å². The third-order valence-electron chi connectivity index (χ3n) is 6.05. The van der Waals surface area contributed by atoms with Crippen LogP contribution in [0.1, 0.15) is 51.5 Å². The maximum absolute atomic E-state index is 9.46. The number of aliphatic hydroxyl groups is 1. The normalized spacial score (nSPS) is 20.5. The third-order valence-corrected chi connectivity index (χ3v) is 6.05. The van der Waals surface area contributed by atoms with E-state index in [9.17, 15) is 10.4 Å². The molecule has 1 saturated carbocycles. The van der Waals surface area contributed by atoms with E-state index in [-0.39, 0.29) is 12.8 Å². The number of aromatic nitrogens is 5. The molecule has 0 bridgehead atoms. The van der Waals surface area contributed by atoms with Crippen molar-refractivity contribution < 1.29 is 5.11 Å². The van der Waals surface area contributed by atoms with Crippen LogP contribution in [0.5, 0.6) is 0 Å².